The smallest absolute Gasteiger partial charge is 0.260 e. The number of fused-ring (bicyclic) bond motifs is 1. The van der Waals surface area contributed by atoms with Crippen LogP contribution in [-0.2, 0) is 13.0 Å². The molecule has 0 atom stereocenters. The van der Waals surface area contributed by atoms with Crippen molar-refractivity contribution >= 4 is 28.8 Å². The van der Waals surface area contributed by atoms with Crippen molar-refractivity contribution in [3.05, 3.63) is 63.8 Å². The van der Waals surface area contributed by atoms with Crippen LogP contribution in [0.5, 0.6) is 0 Å². The molecule has 121 valence electrons. The Hall–Kier alpha value is -1.39. The third-order valence-electron chi connectivity index (χ3n) is 4.05. The van der Waals surface area contributed by atoms with Crippen LogP contribution in [0.25, 0.3) is 5.57 Å². The Labute approximate surface area is 143 Å². The second-order valence-corrected chi connectivity index (χ2v) is 6.33. The van der Waals surface area contributed by atoms with Crippen LogP contribution < -0.4 is 0 Å². The summed E-state index contributed by atoms with van der Waals surface area (Å²) in [6, 6.07) is 5.16. The average Bonchev–Trinajstić information content (AvgIpc) is 2.89. The molecule has 0 amide bonds. The van der Waals surface area contributed by atoms with E-state index in [0.717, 1.165) is 29.7 Å². The Balaban J connectivity index is 2.08. The molecule has 23 heavy (non-hydrogen) atoms. The minimum Gasteiger partial charge on any atom is -0.260 e. The molecule has 1 radical (unpaired) electrons. The number of hydrogen-bond donors (Lipinski definition) is 0. The first kappa shape index (κ1) is 16.5. The van der Waals surface area contributed by atoms with Gasteiger partial charge in [-0.2, -0.15) is 5.10 Å². The number of allylic oxidation sites excluding steroid dienone is 2. The molecule has 3 rings (SSSR count). The number of benzene rings is 1. The van der Waals surface area contributed by atoms with Crippen LogP contribution in [0.3, 0.4) is 0 Å². The van der Waals surface area contributed by atoms with Crippen molar-refractivity contribution < 1.29 is 8.78 Å². The van der Waals surface area contributed by atoms with E-state index >= 15 is 0 Å². The molecule has 6 heteroatoms. The Morgan fingerprint density at radius 2 is 2.09 bits per heavy atom. The number of aromatic nitrogens is 2. The molecule has 0 bridgehead atoms. The molecule has 1 aliphatic carbocycles. The highest BCUT2D eigenvalue weighted by molar-refractivity contribution is 6.35. The fraction of sp³-hybridized carbons (Fsp3) is 0.294. The Kier molecular flexibility index (Phi) is 4.74. The van der Waals surface area contributed by atoms with Gasteiger partial charge in [-0.3, -0.25) is 4.68 Å². The standard InChI is InChI=1S/C17H15Cl2F2N2/c1-2-10-4-3-5-13-15(17(20)21)22-23(16(10)13)9-11-6-7-12(18)8-14(11)19/h2,6-8,17H,1,3-5,9H2/b10-2+. The van der Waals surface area contributed by atoms with Crippen molar-refractivity contribution in [2.24, 2.45) is 0 Å². The maximum atomic E-state index is 13.3. The van der Waals surface area contributed by atoms with Gasteiger partial charge in [0.2, 0.25) is 0 Å². The molecule has 2 aromatic rings. The summed E-state index contributed by atoms with van der Waals surface area (Å²) in [7, 11) is 0. The van der Waals surface area contributed by atoms with Crippen LogP contribution >= 0.6 is 23.2 Å². The number of alkyl halides is 2. The van der Waals surface area contributed by atoms with E-state index in [1.54, 1.807) is 29.0 Å². The molecule has 0 aliphatic heterocycles. The third kappa shape index (κ3) is 3.15. The van der Waals surface area contributed by atoms with Crippen LogP contribution in [0.2, 0.25) is 10.0 Å². The molecule has 1 aromatic carbocycles. The highest BCUT2D eigenvalue weighted by atomic mass is 35.5. The van der Waals surface area contributed by atoms with Crippen LogP contribution in [0.4, 0.5) is 8.78 Å². The highest BCUT2D eigenvalue weighted by Gasteiger charge is 2.28. The normalized spacial score (nSPS) is 16.2. The summed E-state index contributed by atoms with van der Waals surface area (Å²) in [4.78, 5) is 0. The fourth-order valence-electron chi connectivity index (χ4n) is 3.00. The SMILES string of the molecule is [CH2]/C=C1\CCCc2c(C(F)F)nn(Cc3ccc(Cl)cc3Cl)c21. The van der Waals surface area contributed by atoms with Crippen molar-refractivity contribution in [3.8, 4) is 0 Å². The van der Waals surface area contributed by atoms with E-state index in [1.807, 2.05) is 0 Å². The van der Waals surface area contributed by atoms with Crippen LogP contribution in [0.15, 0.2) is 24.3 Å². The molecule has 0 unspecified atom stereocenters. The van der Waals surface area contributed by atoms with Gasteiger partial charge in [0.1, 0.15) is 5.69 Å². The topological polar surface area (TPSA) is 17.8 Å². The maximum Gasteiger partial charge on any atom is 0.282 e. The Morgan fingerprint density at radius 3 is 2.74 bits per heavy atom. The molecule has 1 heterocycles. The predicted octanol–water partition coefficient (Wildman–Crippen LogP) is 5.73. The quantitative estimate of drug-likeness (QED) is 0.687. The molecular weight excluding hydrogens is 341 g/mol. The summed E-state index contributed by atoms with van der Waals surface area (Å²) in [6.45, 7) is 4.13. The van der Waals surface area contributed by atoms with E-state index in [1.165, 1.54) is 0 Å². The molecule has 2 nitrogen and oxygen atoms in total. The highest BCUT2D eigenvalue weighted by Crippen LogP contribution is 2.37. The Morgan fingerprint density at radius 1 is 1.30 bits per heavy atom. The van der Waals surface area contributed by atoms with Gasteiger partial charge in [0.05, 0.1) is 12.2 Å². The summed E-state index contributed by atoms with van der Waals surface area (Å²) >= 11 is 12.1. The Bertz CT molecular complexity index is 766. The van der Waals surface area contributed by atoms with E-state index in [2.05, 4.69) is 12.0 Å². The molecule has 0 N–H and O–H groups in total. The van der Waals surface area contributed by atoms with Crippen LogP contribution in [0.1, 0.15) is 41.8 Å². The van der Waals surface area contributed by atoms with Gasteiger partial charge in [-0.05, 0) is 49.5 Å². The summed E-state index contributed by atoms with van der Waals surface area (Å²) in [5, 5.41) is 5.19. The lowest BCUT2D eigenvalue weighted by atomic mass is 9.91. The molecule has 0 saturated carbocycles. The largest absolute Gasteiger partial charge is 0.282 e. The zero-order valence-corrected chi connectivity index (χ0v) is 13.8. The van der Waals surface area contributed by atoms with Gasteiger partial charge >= 0.3 is 0 Å². The van der Waals surface area contributed by atoms with Crippen LogP contribution in [-0.4, -0.2) is 9.78 Å². The number of hydrogen-bond acceptors (Lipinski definition) is 1. The number of halogens is 4. The third-order valence-corrected chi connectivity index (χ3v) is 4.63. The maximum absolute atomic E-state index is 13.3. The zero-order valence-electron chi connectivity index (χ0n) is 12.3. The summed E-state index contributed by atoms with van der Waals surface area (Å²) in [5.41, 5.74) is 3.00. The lowest BCUT2D eigenvalue weighted by molar-refractivity contribution is 0.144. The van der Waals surface area contributed by atoms with E-state index in [9.17, 15) is 8.78 Å². The molecule has 1 aliphatic rings. The molecule has 0 fully saturated rings. The molecule has 1 aromatic heterocycles. The second-order valence-electron chi connectivity index (χ2n) is 5.49. The van der Waals surface area contributed by atoms with Crippen molar-refractivity contribution in [2.75, 3.05) is 0 Å². The lowest BCUT2D eigenvalue weighted by Crippen LogP contribution is -2.10. The summed E-state index contributed by atoms with van der Waals surface area (Å²) in [5.74, 6) is 0. The predicted molar refractivity (Wildman–Crippen MR) is 89.0 cm³/mol. The van der Waals surface area contributed by atoms with Gasteiger partial charge in [-0.25, -0.2) is 8.78 Å². The van der Waals surface area contributed by atoms with Crippen LogP contribution in [0, 0.1) is 6.92 Å². The second kappa shape index (κ2) is 6.62. The van der Waals surface area contributed by atoms with Gasteiger partial charge in [0, 0.05) is 15.6 Å². The minimum atomic E-state index is -2.59. The monoisotopic (exact) mass is 355 g/mol. The lowest BCUT2D eigenvalue weighted by Gasteiger charge is -2.18. The first-order chi connectivity index (χ1) is 11.0. The van der Waals surface area contributed by atoms with E-state index in [0.29, 0.717) is 28.6 Å². The summed E-state index contributed by atoms with van der Waals surface area (Å²) in [6.07, 6.45) is 1.41. The van der Waals surface area contributed by atoms with E-state index in [-0.39, 0.29) is 5.69 Å². The van der Waals surface area contributed by atoms with Crippen molar-refractivity contribution in [2.45, 2.75) is 32.2 Å². The first-order valence-electron chi connectivity index (χ1n) is 7.31. The number of nitrogens with zero attached hydrogens (tertiary/aromatic N) is 2. The van der Waals surface area contributed by atoms with Gasteiger partial charge in [0.25, 0.3) is 6.43 Å². The van der Waals surface area contributed by atoms with Gasteiger partial charge in [-0.1, -0.05) is 35.3 Å². The van der Waals surface area contributed by atoms with Gasteiger partial charge in [0.15, 0.2) is 0 Å². The molecule has 0 spiro atoms. The van der Waals surface area contributed by atoms with Gasteiger partial charge in [-0.15, -0.1) is 0 Å². The van der Waals surface area contributed by atoms with E-state index in [4.69, 9.17) is 23.2 Å². The average molecular weight is 356 g/mol. The van der Waals surface area contributed by atoms with E-state index < -0.39 is 6.43 Å². The zero-order chi connectivity index (χ0) is 16.6. The van der Waals surface area contributed by atoms with Gasteiger partial charge < -0.3 is 0 Å². The molecule has 0 saturated heterocycles. The number of rotatable bonds is 3. The minimum absolute atomic E-state index is 0.135. The molecular formula is C17H15Cl2F2N2. The van der Waals surface area contributed by atoms with Crippen molar-refractivity contribution in [1.82, 2.24) is 9.78 Å². The van der Waals surface area contributed by atoms with Crippen molar-refractivity contribution in [3.63, 3.8) is 0 Å². The van der Waals surface area contributed by atoms with Crippen molar-refractivity contribution in [1.29, 1.82) is 0 Å². The summed E-state index contributed by atoms with van der Waals surface area (Å²) < 4.78 is 28.2. The fourth-order valence-corrected chi connectivity index (χ4v) is 3.47. The first-order valence-corrected chi connectivity index (χ1v) is 8.07.